The minimum atomic E-state index is -0.583. The van der Waals surface area contributed by atoms with E-state index >= 15 is 0 Å². The molecule has 2 aliphatic rings. The number of carbonyl (C=O) groups excluding carboxylic acids is 3. The van der Waals surface area contributed by atoms with Crippen LogP contribution in [0.1, 0.15) is 19.3 Å². The molecule has 3 amide bonds. The van der Waals surface area contributed by atoms with Crippen LogP contribution in [0.2, 0.25) is 0 Å². The number of imide groups is 1. The number of carbonyl (C=O) groups is 3. The molecule has 8 heteroatoms. The van der Waals surface area contributed by atoms with Crippen molar-refractivity contribution in [3.63, 3.8) is 0 Å². The second-order valence-electron chi connectivity index (χ2n) is 6.06. The molecule has 1 aliphatic carbocycles. The number of hydrogen-bond acceptors (Lipinski definition) is 5. The molecular formula is C17H17N3O5. The van der Waals surface area contributed by atoms with Gasteiger partial charge in [0.15, 0.2) is 0 Å². The van der Waals surface area contributed by atoms with Crippen LogP contribution in [0.15, 0.2) is 36.4 Å². The number of allylic oxidation sites excluding steroid dienone is 2. The number of anilines is 1. The molecule has 8 nitrogen and oxygen atoms in total. The van der Waals surface area contributed by atoms with E-state index in [2.05, 4.69) is 5.32 Å². The van der Waals surface area contributed by atoms with Gasteiger partial charge in [-0.2, -0.15) is 0 Å². The zero-order valence-electron chi connectivity index (χ0n) is 13.4. The van der Waals surface area contributed by atoms with Crippen LogP contribution in [-0.4, -0.2) is 34.1 Å². The number of fused-ring (bicyclic) bond motifs is 1. The first-order valence-electron chi connectivity index (χ1n) is 8.02. The van der Waals surface area contributed by atoms with E-state index in [1.165, 1.54) is 18.2 Å². The number of nitro groups is 1. The van der Waals surface area contributed by atoms with Gasteiger partial charge in [-0.15, -0.1) is 0 Å². The fourth-order valence-corrected chi connectivity index (χ4v) is 3.25. The summed E-state index contributed by atoms with van der Waals surface area (Å²) in [6.07, 6.45) is 4.80. The molecule has 1 fully saturated rings. The molecule has 1 N–H and O–H groups in total. The van der Waals surface area contributed by atoms with Gasteiger partial charge >= 0.3 is 0 Å². The maximum Gasteiger partial charge on any atom is 0.292 e. The van der Waals surface area contributed by atoms with E-state index in [4.69, 9.17) is 0 Å². The highest BCUT2D eigenvalue weighted by Gasteiger charge is 2.46. The molecule has 0 spiro atoms. The number of benzene rings is 1. The third-order valence-corrected chi connectivity index (χ3v) is 4.54. The van der Waals surface area contributed by atoms with Crippen molar-refractivity contribution in [1.82, 2.24) is 4.90 Å². The molecule has 130 valence electrons. The molecule has 1 heterocycles. The highest BCUT2D eigenvalue weighted by molar-refractivity contribution is 6.06. The Kier molecular flexibility index (Phi) is 4.60. The number of nitro benzene ring substituents is 1. The lowest BCUT2D eigenvalue weighted by Crippen LogP contribution is -2.34. The lowest BCUT2D eigenvalue weighted by atomic mass is 9.85. The Morgan fingerprint density at radius 2 is 1.76 bits per heavy atom. The van der Waals surface area contributed by atoms with Gasteiger partial charge in [0, 0.05) is 19.0 Å². The van der Waals surface area contributed by atoms with Crippen LogP contribution < -0.4 is 5.32 Å². The fourth-order valence-electron chi connectivity index (χ4n) is 3.25. The molecule has 1 aliphatic heterocycles. The van der Waals surface area contributed by atoms with Gasteiger partial charge in [0.1, 0.15) is 5.69 Å². The minimum Gasteiger partial charge on any atom is -0.320 e. The van der Waals surface area contributed by atoms with Crippen molar-refractivity contribution in [2.45, 2.75) is 19.3 Å². The minimum absolute atomic E-state index is 0.0167. The van der Waals surface area contributed by atoms with Crippen LogP contribution in [0.25, 0.3) is 0 Å². The van der Waals surface area contributed by atoms with Crippen LogP contribution in [-0.2, 0) is 14.4 Å². The van der Waals surface area contributed by atoms with E-state index in [1.54, 1.807) is 6.07 Å². The summed E-state index contributed by atoms with van der Waals surface area (Å²) >= 11 is 0. The van der Waals surface area contributed by atoms with Crippen LogP contribution in [0, 0.1) is 22.0 Å². The molecule has 3 rings (SSSR count). The normalized spacial score (nSPS) is 22.0. The summed E-state index contributed by atoms with van der Waals surface area (Å²) in [6, 6.07) is 5.81. The molecule has 0 unspecified atom stereocenters. The molecular weight excluding hydrogens is 326 g/mol. The molecule has 1 aromatic rings. The first kappa shape index (κ1) is 16.8. The number of nitrogens with one attached hydrogen (secondary N) is 1. The lowest BCUT2D eigenvalue weighted by molar-refractivity contribution is -0.383. The predicted molar refractivity (Wildman–Crippen MR) is 88.4 cm³/mol. The lowest BCUT2D eigenvalue weighted by Gasteiger charge is -2.14. The molecule has 0 bridgehead atoms. The van der Waals surface area contributed by atoms with E-state index in [0.29, 0.717) is 12.8 Å². The summed E-state index contributed by atoms with van der Waals surface area (Å²) in [5, 5.41) is 13.4. The van der Waals surface area contributed by atoms with E-state index in [9.17, 15) is 24.5 Å². The molecule has 1 saturated heterocycles. The third-order valence-electron chi connectivity index (χ3n) is 4.54. The Hall–Kier alpha value is -3.03. The summed E-state index contributed by atoms with van der Waals surface area (Å²) < 4.78 is 0. The van der Waals surface area contributed by atoms with Crippen molar-refractivity contribution >= 4 is 29.1 Å². The van der Waals surface area contributed by atoms with Crippen molar-refractivity contribution in [1.29, 1.82) is 0 Å². The summed E-state index contributed by atoms with van der Waals surface area (Å²) in [7, 11) is 0. The monoisotopic (exact) mass is 343 g/mol. The Labute approximate surface area is 143 Å². The standard InChI is InChI=1S/C17H17N3O5/c21-15(18-13-7-3-4-8-14(13)20(24)25)9-10-19-16(22)11-5-1-2-6-12(11)17(19)23/h1-4,7-8,11-12H,5-6,9-10H2,(H,18,21)/t11-,12+. The Bertz CT molecular complexity index is 747. The van der Waals surface area contributed by atoms with Gasteiger partial charge in [-0.05, 0) is 18.9 Å². The summed E-state index contributed by atoms with van der Waals surface area (Å²) in [5.41, 5.74) is -0.115. The van der Waals surface area contributed by atoms with E-state index in [1.807, 2.05) is 12.2 Å². The van der Waals surface area contributed by atoms with Gasteiger partial charge in [0.25, 0.3) is 5.69 Å². The SMILES string of the molecule is O=C(CCN1C(=O)[C@H]2CC=CC[C@H]2C1=O)Nc1ccccc1[N+](=O)[O-]. The van der Waals surface area contributed by atoms with Crippen LogP contribution in [0.4, 0.5) is 11.4 Å². The van der Waals surface area contributed by atoms with Crippen LogP contribution in [0.3, 0.4) is 0 Å². The topological polar surface area (TPSA) is 110 Å². The van der Waals surface area contributed by atoms with E-state index in [-0.39, 0.29) is 48.0 Å². The molecule has 0 saturated carbocycles. The van der Waals surface area contributed by atoms with E-state index in [0.717, 1.165) is 4.90 Å². The first-order chi connectivity index (χ1) is 12.0. The quantitative estimate of drug-likeness (QED) is 0.380. The molecule has 0 aromatic heterocycles. The van der Waals surface area contributed by atoms with Gasteiger partial charge in [0.2, 0.25) is 17.7 Å². The van der Waals surface area contributed by atoms with Gasteiger partial charge in [0.05, 0.1) is 16.8 Å². The largest absolute Gasteiger partial charge is 0.320 e. The molecule has 2 atom stereocenters. The second kappa shape index (κ2) is 6.84. The summed E-state index contributed by atoms with van der Waals surface area (Å²) in [6.45, 7) is -0.0167. The highest BCUT2D eigenvalue weighted by Crippen LogP contribution is 2.35. The third kappa shape index (κ3) is 3.28. The average molecular weight is 343 g/mol. The van der Waals surface area contributed by atoms with Crippen LogP contribution in [0.5, 0.6) is 0 Å². The summed E-state index contributed by atoms with van der Waals surface area (Å²) in [5.74, 6) is -1.61. The second-order valence-corrected chi connectivity index (χ2v) is 6.06. The Morgan fingerprint density at radius 1 is 1.16 bits per heavy atom. The fraction of sp³-hybridized carbons (Fsp3) is 0.353. The Balaban J connectivity index is 1.61. The first-order valence-corrected chi connectivity index (χ1v) is 8.02. The zero-order valence-corrected chi connectivity index (χ0v) is 13.4. The van der Waals surface area contributed by atoms with Crippen molar-refractivity contribution in [2.75, 3.05) is 11.9 Å². The zero-order chi connectivity index (χ0) is 18.0. The van der Waals surface area contributed by atoms with Gasteiger partial charge in [-0.3, -0.25) is 29.4 Å². The molecule has 0 radical (unpaired) electrons. The smallest absolute Gasteiger partial charge is 0.292 e. The van der Waals surface area contributed by atoms with E-state index < -0.39 is 10.8 Å². The van der Waals surface area contributed by atoms with Crippen molar-refractivity contribution in [3.8, 4) is 0 Å². The number of para-hydroxylation sites is 2. The average Bonchev–Trinajstić information content (AvgIpc) is 2.85. The number of likely N-dealkylation sites (tertiary alicyclic amines) is 1. The van der Waals surface area contributed by atoms with Crippen molar-refractivity contribution in [3.05, 3.63) is 46.5 Å². The highest BCUT2D eigenvalue weighted by atomic mass is 16.6. The van der Waals surface area contributed by atoms with Crippen molar-refractivity contribution in [2.24, 2.45) is 11.8 Å². The maximum absolute atomic E-state index is 12.3. The van der Waals surface area contributed by atoms with Gasteiger partial charge in [-0.25, -0.2) is 0 Å². The number of nitrogens with zero attached hydrogens (tertiary/aromatic N) is 2. The molecule has 1 aromatic carbocycles. The number of rotatable bonds is 5. The Morgan fingerprint density at radius 3 is 2.36 bits per heavy atom. The number of hydrogen-bond donors (Lipinski definition) is 1. The molecule has 25 heavy (non-hydrogen) atoms. The maximum atomic E-state index is 12.3. The summed E-state index contributed by atoms with van der Waals surface area (Å²) in [4.78, 5) is 48.2. The van der Waals surface area contributed by atoms with Crippen molar-refractivity contribution < 1.29 is 19.3 Å². The van der Waals surface area contributed by atoms with Crippen LogP contribution >= 0.6 is 0 Å². The van der Waals surface area contributed by atoms with Gasteiger partial charge < -0.3 is 5.32 Å². The van der Waals surface area contributed by atoms with Gasteiger partial charge in [-0.1, -0.05) is 24.3 Å². The number of amides is 3. The predicted octanol–water partition coefficient (Wildman–Crippen LogP) is 1.87.